The van der Waals surface area contributed by atoms with E-state index in [0.29, 0.717) is 11.1 Å². The number of nitrogens with zero attached hydrogens (tertiary/aromatic N) is 3. The molecule has 0 fully saturated rings. The highest BCUT2D eigenvalue weighted by atomic mass is 16.3. The van der Waals surface area contributed by atoms with Gasteiger partial charge in [-0.05, 0) is 51.6 Å². The van der Waals surface area contributed by atoms with E-state index in [-0.39, 0.29) is 44.6 Å². The molecule has 0 aliphatic heterocycles. The Morgan fingerprint density at radius 1 is 0.447 bits per heavy atom. The van der Waals surface area contributed by atoms with Gasteiger partial charge in [-0.1, -0.05) is 139 Å². The van der Waals surface area contributed by atoms with Crippen LogP contribution in [-0.2, 0) is 0 Å². The van der Waals surface area contributed by atoms with E-state index in [1.54, 1.807) is 60.7 Å². The van der Waals surface area contributed by atoms with Crippen molar-refractivity contribution in [3.8, 4) is 56.4 Å². The van der Waals surface area contributed by atoms with Crippen molar-refractivity contribution in [1.82, 2.24) is 15.0 Å². The van der Waals surface area contributed by atoms with Crippen molar-refractivity contribution in [1.29, 1.82) is 0 Å². The molecule has 4 nitrogen and oxygen atoms in total. The number of aromatic nitrogens is 3. The van der Waals surface area contributed by atoms with Gasteiger partial charge < -0.3 is 4.42 Å². The molecule has 9 rings (SSSR count). The third-order valence-corrected chi connectivity index (χ3v) is 7.42. The highest BCUT2D eigenvalue weighted by Crippen LogP contribution is 2.43. The molecular formula is C43H27N3O. The van der Waals surface area contributed by atoms with Gasteiger partial charge in [-0.25, -0.2) is 15.0 Å². The Kier molecular flexibility index (Phi) is 3.53. The lowest BCUT2D eigenvalue weighted by Gasteiger charge is -2.11. The topological polar surface area (TPSA) is 51.8 Å². The third kappa shape index (κ3) is 4.84. The Balaban J connectivity index is 1.49. The van der Waals surface area contributed by atoms with Gasteiger partial charge in [0.25, 0.3) is 0 Å². The van der Waals surface area contributed by atoms with Gasteiger partial charge in [-0.3, -0.25) is 0 Å². The minimum Gasteiger partial charge on any atom is -0.455 e. The Morgan fingerprint density at radius 3 is 1.64 bits per heavy atom. The van der Waals surface area contributed by atoms with Gasteiger partial charge in [0.2, 0.25) is 0 Å². The summed E-state index contributed by atoms with van der Waals surface area (Å²) in [5.41, 5.74) is -2.43. The van der Waals surface area contributed by atoms with Crippen molar-refractivity contribution >= 4 is 32.7 Å². The van der Waals surface area contributed by atoms with Crippen molar-refractivity contribution in [3.63, 3.8) is 0 Å². The number of hydrogen-bond acceptors (Lipinski definition) is 4. The molecule has 47 heavy (non-hydrogen) atoms. The molecule has 220 valence electrons. The molecule has 0 amide bonds. The summed E-state index contributed by atoms with van der Waals surface area (Å²) in [5.74, 6) is 0.0488. The highest BCUT2D eigenvalue weighted by molar-refractivity contribution is 6.18. The summed E-state index contributed by atoms with van der Waals surface area (Å²) >= 11 is 0. The second-order valence-electron chi connectivity index (χ2n) is 10.3. The first-order valence-electron chi connectivity index (χ1n) is 22.8. The van der Waals surface area contributed by atoms with Gasteiger partial charge in [-0.2, -0.15) is 0 Å². The minimum absolute atomic E-state index is 0.134. The maximum atomic E-state index is 9.66. The van der Waals surface area contributed by atoms with Crippen LogP contribution < -0.4 is 0 Å². The molecule has 9 aromatic rings. The molecule has 0 unspecified atom stereocenters. The zero-order valence-corrected chi connectivity index (χ0v) is 24.0. The molecule has 7 aromatic carbocycles. The molecule has 0 aliphatic carbocycles. The number of fused-ring (bicyclic) bond motifs is 4. The molecule has 0 saturated heterocycles. The molecule has 0 bridgehead atoms. The molecule has 0 atom stereocenters. The van der Waals surface area contributed by atoms with Gasteiger partial charge in [0.1, 0.15) is 11.2 Å². The third-order valence-electron chi connectivity index (χ3n) is 7.42. The molecule has 0 N–H and O–H groups in total. The fourth-order valence-corrected chi connectivity index (χ4v) is 5.24. The second kappa shape index (κ2) is 11.2. The number of rotatable bonds is 5. The second-order valence-corrected chi connectivity index (χ2v) is 10.3. The van der Waals surface area contributed by atoms with Crippen LogP contribution in [0.4, 0.5) is 0 Å². The maximum absolute atomic E-state index is 9.66. The monoisotopic (exact) mass is 618 g/mol. The summed E-state index contributed by atoms with van der Waals surface area (Å²) in [6, 6.07) is 5.03. The molecule has 2 aromatic heterocycles. The first kappa shape index (κ1) is 14.8. The average Bonchev–Trinajstić information content (AvgIpc) is 3.70. The number of hydrogen-bond donors (Lipinski definition) is 0. The van der Waals surface area contributed by atoms with Crippen molar-refractivity contribution in [2.75, 3.05) is 0 Å². The summed E-state index contributed by atoms with van der Waals surface area (Å²) in [5, 5.41) is -1.23. The van der Waals surface area contributed by atoms with Crippen LogP contribution in [0.1, 0.15) is 23.3 Å². The normalized spacial score (nSPS) is 16.5. The Labute approximate surface area is 295 Å². The van der Waals surface area contributed by atoms with Crippen LogP contribution in [0.2, 0.25) is 0 Å². The molecule has 0 spiro atoms. The van der Waals surface area contributed by atoms with E-state index >= 15 is 0 Å². The van der Waals surface area contributed by atoms with Crippen molar-refractivity contribution < 1.29 is 27.7 Å². The molecular weight excluding hydrogens is 574 g/mol. The van der Waals surface area contributed by atoms with Crippen LogP contribution >= 0.6 is 0 Å². The van der Waals surface area contributed by atoms with E-state index in [1.807, 2.05) is 0 Å². The lowest BCUT2D eigenvalue weighted by atomic mass is 9.96. The Morgan fingerprint density at radius 2 is 0.979 bits per heavy atom. The zero-order valence-electron chi connectivity index (χ0n) is 41.0. The smallest absolute Gasteiger partial charge is 0.164 e. The lowest BCUT2D eigenvalue weighted by molar-refractivity contribution is 0.670. The fourth-order valence-electron chi connectivity index (χ4n) is 5.24. The highest BCUT2D eigenvalue weighted by Gasteiger charge is 2.21. The van der Waals surface area contributed by atoms with E-state index in [9.17, 15) is 8.22 Å². The molecule has 0 saturated carbocycles. The predicted octanol–water partition coefficient (Wildman–Crippen LogP) is 11.3. The first-order valence-corrected chi connectivity index (χ1v) is 14.3. The minimum atomic E-state index is -0.858. The Hall–Kier alpha value is -6.39. The average molecular weight is 619 g/mol. The van der Waals surface area contributed by atoms with E-state index in [0.717, 1.165) is 0 Å². The predicted molar refractivity (Wildman–Crippen MR) is 192 cm³/mol. The summed E-state index contributed by atoms with van der Waals surface area (Å²) in [6.07, 6.45) is 0. The molecule has 0 radical (unpaired) electrons. The maximum Gasteiger partial charge on any atom is 0.164 e. The summed E-state index contributed by atoms with van der Waals surface area (Å²) < 4.78 is 157. The van der Waals surface area contributed by atoms with Crippen LogP contribution in [-0.4, -0.2) is 15.0 Å². The summed E-state index contributed by atoms with van der Waals surface area (Å²) in [7, 11) is 0. The Bertz CT molecular complexity index is 3410. The summed E-state index contributed by atoms with van der Waals surface area (Å²) in [6.45, 7) is 0. The lowest BCUT2D eigenvalue weighted by Crippen LogP contribution is -2.00. The SMILES string of the molecule is [2H]c1c([2H])c([2H])c(-c2c([2H])c([2H])c(-c3c([2H])c([2H])c(-c4nc(-c5ccccc5)nc(-c5ccccc5)n4)c4c3oc3c([2H])c5c([2H])c([2H])c([2H])c([2H])c5c([2H])c34)c([2H])c2[2H])c([2H])c1[2H]. The van der Waals surface area contributed by atoms with Crippen molar-refractivity contribution in [2.24, 2.45) is 0 Å². The van der Waals surface area contributed by atoms with Gasteiger partial charge in [0.05, 0.1) is 23.3 Å². The quantitative estimate of drug-likeness (QED) is 0.193. The largest absolute Gasteiger partial charge is 0.455 e. The van der Waals surface area contributed by atoms with Crippen LogP contribution in [0.25, 0.3) is 89.1 Å². The van der Waals surface area contributed by atoms with E-state index < -0.39 is 136 Å². The van der Waals surface area contributed by atoms with Crippen molar-refractivity contribution in [2.45, 2.75) is 0 Å². The molecule has 2 heterocycles. The van der Waals surface area contributed by atoms with E-state index in [4.69, 9.17) is 34.4 Å². The number of benzene rings is 7. The molecule has 0 aliphatic rings. The summed E-state index contributed by atoms with van der Waals surface area (Å²) in [4.78, 5) is 14.2. The van der Waals surface area contributed by atoms with Crippen molar-refractivity contribution in [3.05, 3.63) is 163 Å². The zero-order chi connectivity index (χ0) is 46.0. The van der Waals surface area contributed by atoms with Gasteiger partial charge in [0, 0.05) is 33.0 Å². The van der Waals surface area contributed by atoms with Crippen LogP contribution in [0.15, 0.2) is 168 Å². The van der Waals surface area contributed by atoms with E-state index in [1.165, 1.54) is 0 Å². The standard InChI is InChI=1S/C43H27N3O/c1-4-12-28(13-5-1)29-20-22-30(23-21-29)35-24-25-36(39-37-26-33-18-10-11-19-34(33)27-38(37)47-40(35)39)43-45-41(31-14-6-2-7-15-31)44-42(46-43)32-16-8-3-9-17-32/h1-27H/i1D,4D,5D,10D,11D,12D,13D,18D,19D,20D,21D,22D,23D,24D,25D,26D,27D. The van der Waals surface area contributed by atoms with Crippen LogP contribution in [0.3, 0.4) is 0 Å². The van der Waals surface area contributed by atoms with Crippen LogP contribution in [0, 0.1) is 0 Å². The molecule has 4 heteroatoms. The van der Waals surface area contributed by atoms with E-state index in [2.05, 4.69) is 0 Å². The van der Waals surface area contributed by atoms with Gasteiger partial charge >= 0.3 is 0 Å². The number of furan rings is 1. The van der Waals surface area contributed by atoms with Gasteiger partial charge in [-0.15, -0.1) is 0 Å². The first-order chi connectivity index (χ1) is 30.4. The fraction of sp³-hybridized carbons (Fsp3) is 0. The van der Waals surface area contributed by atoms with Gasteiger partial charge in [0.15, 0.2) is 17.5 Å². The van der Waals surface area contributed by atoms with Crippen LogP contribution in [0.5, 0.6) is 0 Å².